The molecule has 1 atom stereocenters. The van der Waals surface area contributed by atoms with Gasteiger partial charge in [0.2, 0.25) is 5.91 Å². The van der Waals surface area contributed by atoms with E-state index >= 15 is 0 Å². The summed E-state index contributed by atoms with van der Waals surface area (Å²) in [6, 6.07) is 9.84. The number of aliphatic hydroxyl groups is 1. The number of carbonyl (C=O) groups excluding carboxylic acids is 2. The van der Waals surface area contributed by atoms with Crippen LogP contribution in [-0.2, 0) is 9.59 Å². The molecule has 0 aromatic heterocycles. The van der Waals surface area contributed by atoms with Gasteiger partial charge in [-0.25, -0.2) is 0 Å². The number of aliphatic imine (C=N–C) groups is 1. The number of hydrogen-bond donors (Lipinski definition) is 1. The van der Waals surface area contributed by atoms with Crippen molar-refractivity contribution >= 4 is 17.9 Å². The lowest BCUT2D eigenvalue weighted by atomic mass is 9.83. The molecule has 0 saturated carbocycles. The van der Waals surface area contributed by atoms with Crippen LogP contribution in [0.1, 0.15) is 31.2 Å². The molecule has 1 aliphatic carbocycles. The topological polar surface area (TPSA) is 73.2 Å². The lowest BCUT2D eigenvalue weighted by Crippen LogP contribution is -2.48. The fourth-order valence-corrected chi connectivity index (χ4v) is 3.66. The summed E-state index contributed by atoms with van der Waals surface area (Å²) in [5.41, 5.74) is 1.43. The summed E-state index contributed by atoms with van der Waals surface area (Å²) >= 11 is 0. The molecule has 0 radical (unpaired) electrons. The summed E-state index contributed by atoms with van der Waals surface area (Å²) in [5, 5.41) is 10.3. The molecule has 1 amide bonds. The molecule has 1 N–H and O–H groups in total. The summed E-state index contributed by atoms with van der Waals surface area (Å²) in [5.74, 6) is 0.249. The monoisotopic (exact) mass is 369 g/mol. The number of nitrogens with zero attached hydrogens (tertiary/aromatic N) is 3. The van der Waals surface area contributed by atoms with Crippen LogP contribution in [0.2, 0.25) is 0 Å². The number of carbonyl (C=O) groups is 2. The average Bonchev–Trinajstić information content (AvgIpc) is 2.67. The summed E-state index contributed by atoms with van der Waals surface area (Å²) in [7, 11) is 0. The lowest BCUT2D eigenvalue weighted by Gasteiger charge is -2.33. The number of piperazine rings is 1. The second kappa shape index (κ2) is 8.95. The van der Waals surface area contributed by atoms with Gasteiger partial charge in [0.15, 0.2) is 5.78 Å². The zero-order valence-electron chi connectivity index (χ0n) is 15.8. The van der Waals surface area contributed by atoms with E-state index in [1.807, 2.05) is 35.2 Å². The van der Waals surface area contributed by atoms with Crippen LogP contribution in [0.5, 0.6) is 0 Å². The van der Waals surface area contributed by atoms with Crippen molar-refractivity contribution in [3.8, 4) is 0 Å². The summed E-state index contributed by atoms with van der Waals surface area (Å²) in [6.45, 7) is 6.17. The van der Waals surface area contributed by atoms with Gasteiger partial charge in [-0.3, -0.25) is 19.5 Å². The van der Waals surface area contributed by atoms with E-state index in [-0.39, 0.29) is 23.4 Å². The molecule has 6 heteroatoms. The molecule has 0 spiro atoms. The van der Waals surface area contributed by atoms with Gasteiger partial charge in [-0.2, -0.15) is 0 Å². The van der Waals surface area contributed by atoms with Crippen LogP contribution in [-0.4, -0.2) is 72.1 Å². The molecule has 3 rings (SSSR count). The van der Waals surface area contributed by atoms with Crippen LogP contribution in [0.25, 0.3) is 0 Å². The third kappa shape index (κ3) is 5.04. The normalized spacial score (nSPS) is 21.9. The molecular formula is C21H27N3O3. The fourth-order valence-electron chi connectivity index (χ4n) is 3.66. The highest BCUT2D eigenvalue weighted by Gasteiger charge is 2.27. The number of hydrogen-bond acceptors (Lipinski definition) is 5. The predicted molar refractivity (Wildman–Crippen MR) is 105 cm³/mol. The number of aliphatic hydroxyl groups excluding tert-OH is 1. The van der Waals surface area contributed by atoms with Crippen molar-refractivity contribution < 1.29 is 14.7 Å². The second-order valence-corrected chi connectivity index (χ2v) is 7.18. The summed E-state index contributed by atoms with van der Waals surface area (Å²) < 4.78 is 0. The van der Waals surface area contributed by atoms with Crippen LogP contribution in [0.4, 0.5) is 0 Å². The number of amides is 1. The summed E-state index contributed by atoms with van der Waals surface area (Å²) in [6.07, 6.45) is 2.41. The van der Waals surface area contributed by atoms with E-state index in [4.69, 9.17) is 0 Å². The van der Waals surface area contributed by atoms with Gasteiger partial charge in [0, 0.05) is 58.7 Å². The van der Waals surface area contributed by atoms with Crippen LogP contribution in [0.15, 0.2) is 46.7 Å². The molecule has 1 heterocycles. The first-order chi connectivity index (χ1) is 13.0. The zero-order chi connectivity index (χ0) is 19.2. The molecular weight excluding hydrogens is 342 g/mol. The molecule has 1 aliphatic heterocycles. The number of benzene rings is 1. The minimum absolute atomic E-state index is 0.0356. The molecule has 1 fully saturated rings. The van der Waals surface area contributed by atoms with E-state index in [1.165, 1.54) is 6.21 Å². The van der Waals surface area contributed by atoms with Gasteiger partial charge < -0.3 is 10.0 Å². The maximum Gasteiger partial charge on any atom is 0.219 e. The number of ketones is 1. The van der Waals surface area contributed by atoms with Gasteiger partial charge in [-0.05, 0) is 11.5 Å². The van der Waals surface area contributed by atoms with Crippen molar-refractivity contribution in [2.45, 2.75) is 25.7 Å². The molecule has 1 saturated heterocycles. The molecule has 2 aliphatic rings. The van der Waals surface area contributed by atoms with Gasteiger partial charge in [-0.1, -0.05) is 30.3 Å². The van der Waals surface area contributed by atoms with Crippen molar-refractivity contribution in [1.82, 2.24) is 9.80 Å². The Hall–Kier alpha value is -2.47. The number of Topliss-reactive ketones (excluding diaryl/α,β-unsaturated/α-hetero) is 1. The smallest absolute Gasteiger partial charge is 0.219 e. The Kier molecular flexibility index (Phi) is 6.40. The molecule has 1 unspecified atom stereocenters. The highest BCUT2D eigenvalue weighted by Crippen LogP contribution is 2.32. The van der Waals surface area contributed by atoms with Gasteiger partial charge >= 0.3 is 0 Å². The first-order valence-electron chi connectivity index (χ1n) is 9.52. The standard InChI is InChI=1S/C21H27N3O3/c1-16(25)24-11-9-23(10-12-24)8-7-22-15-19-20(26)13-18(14-21(19)27)17-5-3-2-4-6-17/h2-6,15,18,26H,7-14H2,1H3. The van der Waals surface area contributed by atoms with E-state index in [9.17, 15) is 14.7 Å². The van der Waals surface area contributed by atoms with E-state index in [2.05, 4.69) is 9.89 Å². The molecule has 27 heavy (non-hydrogen) atoms. The van der Waals surface area contributed by atoms with Crippen molar-refractivity contribution in [2.24, 2.45) is 4.99 Å². The maximum atomic E-state index is 12.4. The maximum absolute atomic E-state index is 12.4. The number of allylic oxidation sites excluding steroid dienone is 2. The van der Waals surface area contributed by atoms with E-state index in [0.29, 0.717) is 25.0 Å². The zero-order valence-corrected chi connectivity index (χ0v) is 15.8. The van der Waals surface area contributed by atoms with Gasteiger partial charge in [0.25, 0.3) is 0 Å². The Labute approximate surface area is 160 Å². The lowest BCUT2D eigenvalue weighted by molar-refractivity contribution is -0.130. The minimum atomic E-state index is -0.0496. The minimum Gasteiger partial charge on any atom is -0.511 e. The predicted octanol–water partition coefficient (Wildman–Crippen LogP) is 2.18. The third-order valence-electron chi connectivity index (χ3n) is 5.34. The Morgan fingerprint density at radius 3 is 2.52 bits per heavy atom. The van der Waals surface area contributed by atoms with E-state index in [0.717, 1.165) is 38.3 Å². The Bertz CT molecular complexity index is 734. The molecule has 6 nitrogen and oxygen atoms in total. The van der Waals surface area contributed by atoms with Crippen molar-refractivity contribution in [2.75, 3.05) is 39.3 Å². The van der Waals surface area contributed by atoms with E-state index in [1.54, 1.807) is 6.92 Å². The van der Waals surface area contributed by atoms with Crippen molar-refractivity contribution in [3.05, 3.63) is 47.2 Å². The van der Waals surface area contributed by atoms with E-state index < -0.39 is 0 Å². The highest BCUT2D eigenvalue weighted by molar-refractivity contribution is 6.14. The van der Waals surface area contributed by atoms with Crippen LogP contribution in [0.3, 0.4) is 0 Å². The molecule has 1 aromatic rings. The molecule has 0 bridgehead atoms. The molecule has 1 aromatic carbocycles. The third-order valence-corrected chi connectivity index (χ3v) is 5.34. The quantitative estimate of drug-likeness (QED) is 0.808. The number of rotatable bonds is 5. The first kappa shape index (κ1) is 19.3. The van der Waals surface area contributed by atoms with Crippen molar-refractivity contribution in [3.63, 3.8) is 0 Å². The van der Waals surface area contributed by atoms with Crippen LogP contribution in [0, 0.1) is 0 Å². The van der Waals surface area contributed by atoms with Crippen LogP contribution < -0.4 is 0 Å². The largest absolute Gasteiger partial charge is 0.511 e. The first-order valence-corrected chi connectivity index (χ1v) is 9.52. The van der Waals surface area contributed by atoms with Crippen LogP contribution >= 0.6 is 0 Å². The SMILES string of the molecule is CC(=O)N1CCN(CCN=CC2=C(O)CC(c3ccccc3)CC2=O)CC1. The Morgan fingerprint density at radius 2 is 1.89 bits per heavy atom. The van der Waals surface area contributed by atoms with Gasteiger partial charge in [-0.15, -0.1) is 0 Å². The van der Waals surface area contributed by atoms with Gasteiger partial charge in [0.1, 0.15) is 5.76 Å². The average molecular weight is 369 g/mol. The van der Waals surface area contributed by atoms with Gasteiger partial charge in [0.05, 0.1) is 12.1 Å². The fraction of sp³-hybridized carbons (Fsp3) is 0.476. The second-order valence-electron chi connectivity index (χ2n) is 7.18. The Morgan fingerprint density at radius 1 is 1.19 bits per heavy atom. The summed E-state index contributed by atoms with van der Waals surface area (Å²) in [4.78, 5) is 32.2. The van der Waals surface area contributed by atoms with Crippen molar-refractivity contribution in [1.29, 1.82) is 0 Å². The molecule has 144 valence electrons. The Balaban J connectivity index is 1.50. The highest BCUT2D eigenvalue weighted by atomic mass is 16.3.